The Morgan fingerprint density at radius 2 is 2.00 bits per heavy atom. The molecule has 0 fully saturated rings. The van der Waals surface area contributed by atoms with E-state index in [4.69, 9.17) is 5.11 Å². The van der Waals surface area contributed by atoms with Crippen molar-refractivity contribution in [1.82, 2.24) is 4.98 Å². The van der Waals surface area contributed by atoms with E-state index < -0.39 is 17.9 Å². The topological polar surface area (TPSA) is 121 Å². The molecule has 1 aliphatic rings. The van der Waals surface area contributed by atoms with Gasteiger partial charge in [-0.3, -0.25) is 9.59 Å². The fourth-order valence-corrected chi connectivity index (χ4v) is 1.32. The smallest absolute Gasteiger partial charge is 0.369 e. The van der Waals surface area contributed by atoms with Crippen LogP contribution in [0.15, 0.2) is 22.1 Å². The van der Waals surface area contributed by atoms with E-state index >= 15 is 0 Å². The quantitative estimate of drug-likeness (QED) is 0.726. The molecule has 0 aromatic carbocycles. The first-order valence-electron chi connectivity index (χ1n) is 5.05. The van der Waals surface area contributed by atoms with Gasteiger partial charge in [-0.05, 0) is 12.1 Å². The molecule has 0 spiro atoms. The highest BCUT2D eigenvalue weighted by atomic mass is 16.4. The highest BCUT2D eigenvalue weighted by Gasteiger charge is 2.09. The van der Waals surface area contributed by atoms with Crippen molar-refractivity contribution >= 4 is 23.7 Å². The number of nitrogens with zero attached hydrogens (tertiary/aromatic N) is 3. The molecule has 1 aromatic rings. The zero-order valence-electron chi connectivity index (χ0n) is 9.08. The first-order chi connectivity index (χ1) is 8.54. The standard InChI is InChI=1S/C10H8N4O4/c15-7(3-4-8(16)17)12-6-2-1-5-9(13-6)14-10(18)11-5/h1-2H,3-4H2,(H,16,17)(H,12,13,14,15,18). The van der Waals surface area contributed by atoms with Crippen molar-refractivity contribution in [3.05, 3.63) is 23.0 Å². The van der Waals surface area contributed by atoms with Crippen LogP contribution >= 0.6 is 0 Å². The molecule has 0 saturated heterocycles. The number of anilines is 1. The predicted octanol–water partition coefficient (Wildman–Crippen LogP) is -0.742. The Morgan fingerprint density at radius 1 is 1.22 bits per heavy atom. The third-order valence-electron chi connectivity index (χ3n) is 2.11. The lowest BCUT2D eigenvalue weighted by atomic mass is 10.3. The van der Waals surface area contributed by atoms with Crippen LogP contribution < -0.4 is 16.2 Å². The van der Waals surface area contributed by atoms with Crippen LogP contribution in [0.5, 0.6) is 0 Å². The molecule has 2 heterocycles. The maximum atomic E-state index is 11.3. The van der Waals surface area contributed by atoms with Crippen molar-refractivity contribution in [1.29, 1.82) is 0 Å². The molecule has 0 saturated carbocycles. The van der Waals surface area contributed by atoms with Crippen molar-refractivity contribution in [3.63, 3.8) is 0 Å². The van der Waals surface area contributed by atoms with Crippen LogP contribution in [0, 0.1) is 0 Å². The number of pyridine rings is 1. The Morgan fingerprint density at radius 3 is 2.72 bits per heavy atom. The maximum Gasteiger partial charge on any atom is 0.369 e. The van der Waals surface area contributed by atoms with Crippen molar-refractivity contribution in [2.24, 2.45) is 9.98 Å². The van der Waals surface area contributed by atoms with E-state index in [1.54, 1.807) is 0 Å². The summed E-state index contributed by atoms with van der Waals surface area (Å²) in [7, 11) is 0. The summed E-state index contributed by atoms with van der Waals surface area (Å²) >= 11 is 0. The van der Waals surface area contributed by atoms with Crippen LogP contribution in [0.3, 0.4) is 0 Å². The lowest BCUT2D eigenvalue weighted by Crippen LogP contribution is -2.27. The van der Waals surface area contributed by atoms with E-state index in [2.05, 4.69) is 20.3 Å². The van der Waals surface area contributed by atoms with Gasteiger partial charge in [-0.25, -0.2) is 9.78 Å². The molecule has 8 heteroatoms. The van der Waals surface area contributed by atoms with Gasteiger partial charge in [0.2, 0.25) is 5.91 Å². The van der Waals surface area contributed by atoms with Gasteiger partial charge in [-0.1, -0.05) is 0 Å². The highest BCUT2D eigenvalue weighted by molar-refractivity contribution is 5.91. The Hall–Kier alpha value is -2.64. The second kappa shape index (κ2) is 4.70. The molecule has 0 bridgehead atoms. The second-order valence-corrected chi connectivity index (χ2v) is 3.49. The number of hydrogen-bond donors (Lipinski definition) is 2. The summed E-state index contributed by atoms with van der Waals surface area (Å²) in [5.41, 5.74) is 0.149. The summed E-state index contributed by atoms with van der Waals surface area (Å²) in [6, 6.07) is 2.34. The Kier molecular flexibility index (Phi) is 3.09. The lowest BCUT2D eigenvalue weighted by molar-refractivity contribution is -0.138. The molecule has 1 aliphatic heterocycles. The van der Waals surface area contributed by atoms with E-state index in [1.807, 2.05) is 0 Å². The van der Waals surface area contributed by atoms with E-state index in [-0.39, 0.29) is 24.1 Å². The first-order valence-corrected chi connectivity index (χ1v) is 5.05. The fraction of sp³-hybridized carbons (Fsp3) is 0.200. The van der Waals surface area contributed by atoms with Crippen molar-refractivity contribution < 1.29 is 19.5 Å². The van der Waals surface area contributed by atoms with Gasteiger partial charge in [0.25, 0.3) is 0 Å². The number of aliphatic carboxylic acids is 1. The molecule has 0 radical (unpaired) electrons. The van der Waals surface area contributed by atoms with Gasteiger partial charge in [0, 0.05) is 6.42 Å². The molecule has 2 rings (SSSR count). The maximum absolute atomic E-state index is 11.3. The van der Waals surface area contributed by atoms with E-state index in [1.165, 1.54) is 12.1 Å². The molecule has 3 amide bonds. The fourth-order valence-electron chi connectivity index (χ4n) is 1.32. The molecule has 2 N–H and O–H groups in total. The zero-order chi connectivity index (χ0) is 13.1. The molecule has 92 valence electrons. The summed E-state index contributed by atoms with van der Waals surface area (Å²) in [4.78, 5) is 43.5. The number of carboxylic acid groups (broad SMARTS) is 1. The van der Waals surface area contributed by atoms with E-state index in [9.17, 15) is 14.4 Å². The number of nitrogens with one attached hydrogen (secondary N) is 1. The van der Waals surface area contributed by atoms with Crippen molar-refractivity contribution in [2.45, 2.75) is 12.8 Å². The molecular weight excluding hydrogens is 240 g/mol. The average Bonchev–Trinajstić information content (AvgIpc) is 2.66. The molecule has 0 atom stereocenters. The van der Waals surface area contributed by atoms with E-state index in [0.717, 1.165) is 0 Å². The number of aromatic nitrogens is 1. The summed E-state index contributed by atoms with van der Waals surface area (Å²) in [5.74, 6) is -1.31. The van der Waals surface area contributed by atoms with Crippen LogP contribution in [0.1, 0.15) is 12.8 Å². The van der Waals surface area contributed by atoms with Crippen LogP contribution in [-0.4, -0.2) is 28.0 Å². The Labute approximate surface area is 100 Å². The largest absolute Gasteiger partial charge is 0.481 e. The molecule has 0 unspecified atom stereocenters. The van der Waals surface area contributed by atoms with Gasteiger partial charge in [-0.15, -0.1) is 0 Å². The summed E-state index contributed by atoms with van der Waals surface area (Å²) in [6.45, 7) is 0. The van der Waals surface area contributed by atoms with Crippen molar-refractivity contribution in [2.75, 3.05) is 5.32 Å². The zero-order valence-corrected chi connectivity index (χ0v) is 9.08. The van der Waals surface area contributed by atoms with Crippen molar-refractivity contribution in [3.8, 4) is 0 Å². The predicted molar refractivity (Wildman–Crippen MR) is 57.4 cm³/mol. The number of amides is 3. The minimum absolute atomic E-state index is 0.144. The summed E-state index contributed by atoms with van der Waals surface area (Å²) in [5, 5.41) is 11.2. The Bertz CT molecular complexity index is 652. The Balaban J connectivity index is 2.09. The SMILES string of the molecule is O=C(O)CCC(=O)Nc1ccc2c(n1)=NC(=O)N=2. The summed E-state index contributed by atoms with van der Waals surface area (Å²) < 4.78 is 0. The van der Waals surface area contributed by atoms with Gasteiger partial charge in [0.15, 0.2) is 5.49 Å². The normalized spacial score (nSPS) is 12.3. The minimum atomic E-state index is -1.05. The lowest BCUT2D eigenvalue weighted by Gasteiger charge is -2.01. The number of fused-ring (bicyclic) bond motifs is 1. The van der Waals surface area contributed by atoms with Gasteiger partial charge in [0.05, 0.1) is 6.42 Å². The summed E-state index contributed by atoms with van der Waals surface area (Å²) in [6.07, 6.45) is -0.399. The van der Waals surface area contributed by atoms with Crippen LogP contribution in [-0.2, 0) is 9.59 Å². The monoisotopic (exact) mass is 248 g/mol. The van der Waals surface area contributed by atoms with Crippen LogP contribution in [0.2, 0.25) is 0 Å². The molecular formula is C10H8N4O4. The highest BCUT2D eigenvalue weighted by Crippen LogP contribution is 1.99. The molecule has 8 nitrogen and oxygen atoms in total. The molecule has 18 heavy (non-hydrogen) atoms. The number of carbonyl (C=O) groups excluding carboxylic acids is 2. The third kappa shape index (κ3) is 2.73. The van der Waals surface area contributed by atoms with Crippen LogP contribution in [0.25, 0.3) is 0 Å². The van der Waals surface area contributed by atoms with Gasteiger partial charge in [-0.2, -0.15) is 9.98 Å². The van der Waals surface area contributed by atoms with E-state index in [0.29, 0.717) is 5.36 Å². The molecule has 0 aliphatic carbocycles. The third-order valence-corrected chi connectivity index (χ3v) is 2.11. The molecule has 1 aromatic heterocycles. The van der Waals surface area contributed by atoms with Crippen LogP contribution in [0.4, 0.5) is 10.6 Å². The number of carbonyl (C=O) groups is 3. The number of carboxylic acids is 1. The van der Waals surface area contributed by atoms with Gasteiger partial charge >= 0.3 is 12.0 Å². The average molecular weight is 248 g/mol. The first kappa shape index (κ1) is 11.8. The minimum Gasteiger partial charge on any atom is -0.481 e. The van der Waals surface area contributed by atoms with Gasteiger partial charge in [0.1, 0.15) is 11.2 Å². The number of urea groups is 1. The second-order valence-electron chi connectivity index (χ2n) is 3.49. The number of hydrogen-bond acceptors (Lipinski definition) is 4. The number of rotatable bonds is 4. The van der Waals surface area contributed by atoms with Gasteiger partial charge < -0.3 is 10.4 Å².